The molecule has 2 aromatic carbocycles. The van der Waals surface area contributed by atoms with Gasteiger partial charge in [0.2, 0.25) is 0 Å². The van der Waals surface area contributed by atoms with Gasteiger partial charge in [-0.15, -0.1) is 0 Å². The highest BCUT2D eigenvalue weighted by molar-refractivity contribution is 9.11. The van der Waals surface area contributed by atoms with E-state index in [1.54, 1.807) is 7.11 Å². The fourth-order valence-electron chi connectivity index (χ4n) is 2.08. The normalized spacial score (nSPS) is 10.7. The maximum absolute atomic E-state index is 5.88. The van der Waals surface area contributed by atoms with Crippen LogP contribution in [0.1, 0.15) is 11.1 Å². The zero-order valence-electron chi connectivity index (χ0n) is 11.6. The van der Waals surface area contributed by atoms with Crippen molar-refractivity contribution in [1.29, 1.82) is 0 Å². The lowest BCUT2D eigenvalue weighted by Gasteiger charge is -2.12. The van der Waals surface area contributed by atoms with Gasteiger partial charge in [0.15, 0.2) is 0 Å². The number of ether oxygens (including phenoxy) is 1. The summed E-state index contributed by atoms with van der Waals surface area (Å²) in [4.78, 5) is 0. The van der Waals surface area contributed by atoms with E-state index in [0.717, 1.165) is 44.8 Å². The van der Waals surface area contributed by atoms with Gasteiger partial charge in [0, 0.05) is 21.6 Å². The van der Waals surface area contributed by atoms with Gasteiger partial charge in [0.1, 0.15) is 5.75 Å². The SMILES string of the molecule is COc1c(Br)cc(Br)cc1CNCCc1ccc(Cl)cc1. The van der Waals surface area contributed by atoms with Gasteiger partial charge in [-0.05, 0) is 58.7 Å². The largest absolute Gasteiger partial charge is 0.495 e. The Morgan fingerprint density at radius 3 is 2.52 bits per heavy atom. The number of rotatable bonds is 6. The first-order valence-corrected chi connectivity index (χ1v) is 8.53. The van der Waals surface area contributed by atoms with Crippen molar-refractivity contribution in [3.05, 3.63) is 61.5 Å². The van der Waals surface area contributed by atoms with Crippen molar-refractivity contribution in [3.8, 4) is 5.75 Å². The molecule has 21 heavy (non-hydrogen) atoms. The first kappa shape index (κ1) is 16.8. The minimum Gasteiger partial charge on any atom is -0.495 e. The van der Waals surface area contributed by atoms with E-state index in [0.29, 0.717) is 0 Å². The quantitative estimate of drug-likeness (QED) is 0.632. The van der Waals surface area contributed by atoms with Crippen LogP contribution in [0.3, 0.4) is 0 Å². The molecule has 0 saturated carbocycles. The molecule has 0 amide bonds. The van der Waals surface area contributed by atoms with E-state index in [4.69, 9.17) is 16.3 Å². The molecule has 2 nitrogen and oxygen atoms in total. The van der Waals surface area contributed by atoms with Crippen molar-refractivity contribution in [1.82, 2.24) is 5.32 Å². The highest BCUT2D eigenvalue weighted by Crippen LogP contribution is 2.32. The van der Waals surface area contributed by atoms with E-state index in [9.17, 15) is 0 Å². The molecule has 0 radical (unpaired) electrons. The molecule has 0 aliphatic carbocycles. The second-order valence-electron chi connectivity index (χ2n) is 4.63. The highest BCUT2D eigenvalue weighted by atomic mass is 79.9. The van der Waals surface area contributed by atoms with E-state index in [-0.39, 0.29) is 0 Å². The minimum absolute atomic E-state index is 0.759. The predicted octanol–water partition coefficient (Wildman–Crippen LogP) is 5.21. The van der Waals surface area contributed by atoms with Crippen molar-refractivity contribution in [2.75, 3.05) is 13.7 Å². The topological polar surface area (TPSA) is 21.3 Å². The summed E-state index contributed by atoms with van der Waals surface area (Å²) in [6, 6.07) is 12.0. The molecular formula is C16H16Br2ClNO. The molecule has 0 atom stereocenters. The molecule has 0 aliphatic heterocycles. The van der Waals surface area contributed by atoms with Crippen LogP contribution in [-0.2, 0) is 13.0 Å². The smallest absolute Gasteiger partial charge is 0.137 e. The summed E-state index contributed by atoms with van der Waals surface area (Å²) in [7, 11) is 1.69. The Labute approximate surface area is 147 Å². The summed E-state index contributed by atoms with van der Waals surface area (Å²) in [6.07, 6.45) is 0.967. The number of methoxy groups -OCH3 is 1. The predicted molar refractivity (Wildman–Crippen MR) is 95.3 cm³/mol. The van der Waals surface area contributed by atoms with Crippen LogP contribution >= 0.6 is 43.5 Å². The second-order valence-corrected chi connectivity index (χ2v) is 6.84. The molecule has 2 rings (SSSR count). The van der Waals surface area contributed by atoms with Gasteiger partial charge in [0.25, 0.3) is 0 Å². The number of halogens is 3. The van der Waals surface area contributed by atoms with Gasteiger partial charge >= 0.3 is 0 Å². The van der Waals surface area contributed by atoms with Gasteiger partial charge in [-0.2, -0.15) is 0 Å². The maximum Gasteiger partial charge on any atom is 0.137 e. The van der Waals surface area contributed by atoms with Crippen LogP contribution in [0, 0.1) is 0 Å². The summed E-state index contributed by atoms with van der Waals surface area (Å²) in [5.74, 6) is 0.872. The number of hydrogen-bond acceptors (Lipinski definition) is 2. The Balaban J connectivity index is 1.90. The third-order valence-corrected chi connectivity index (χ3v) is 4.41. The van der Waals surface area contributed by atoms with E-state index in [1.807, 2.05) is 18.2 Å². The summed E-state index contributed by atoms with van der Waals surface area (Å²) in [6.45, 7) is 1.66. The molecule has 112 valence electrons. The van der Waals surface area contributed by atoms with Crippen LogP contribution in [0.2, 0.25) is 5.02 Å². The first-order valence-electron chi connectivity index (χ1n) is 6.57. The molecule has 0 bridgehead atoms. The third kappa shape index (κ3) is 4.99. The van der Waals surface area contributed by atoms with Crippen LogP contribution < -0.4 is 10.1 Å². The van der Waals surface area contributed by atoms with E-state index >= 15 is 0 Å². The Hall–Kier alpha value is -0.550. The number of hydrogen-bond donors (Lipinski definition) is 1. The summed E-state index contributed by atoms with van der Waals surface area (Å²) >= 11 is 12.9. The lowest BCUT2D eigenvalue weighted by Crippen LogP contribution is -2.17. The Bertz CT molecular complexity index is 602. The van der Waals surface area contributed by atoms with Gasteiger partial charge in [0.05, 0.1) is 11.6 Å². The summed E-state index contributed by atoms with van der Waals surface area (Å²) in [5.41, 5.74) is 2.39. The summed E-state index contributed by atoms with van der Waals surface area (Å²) < 4.78 is 7.42. The van der Waals surface area contributed by atoms with E-state index in [1.165, 1.54) is 5.56 Å². The molecular weight excluding hydrogens is 417 g/mol. The van der Waals surface area contributed by atoms with Crippen molar-refractivity contribution in [3.63, 3.8) is 0 Å². The van der Waals surface area contributed by atoms with Gasteiger partial charge in [-0.1, -0.05) is 39.7 Å². The van der Waals surface area contributed by atoms with Crippen molar-refractivity contribution >= 4 is 43.5 Å². The monoisotopic (exact) mass is 431 g/mol. The zero-order valence-corrected chi connectivity index (χ0v) is 15.6. The average Bonchev–Trinajstić information content (AvgIpc) is 2.45. The van der Waals surface area contributed by atoms with Gasteiger partial charge < -0.3 is 10.1 Å². The fourth-order valence-corrected chi connectivity index (χ4v) is 3.68. The zero-order chi connectivity index (χ0) is 15.2. The average molecular weight is 434 g/mol. The van der Waals surface area contributed by atoms with E-state index < -0.39 is 0 Å². The third-order valence-electron chi connectivity index (χ3n) is 3.11. The van der Waals surface area contributed by atoms with Crippen molar-refractivity contribution in [2.45, 2.75) is 13.0 Å². The van der Waals surface area contributed by atoms with Crippen LogP contribution in [0.15, 0.2) is 45.3 Å². The molecule has 0 aliphatic rings. The highest BCUT2D eigenvalue weighted by Gasteiger charge is 2.08. The second kappa shape index (κ2) is 8.18. The molecule has 0 heterocycles. The molecule has 0 fully saturated rings. The molecule has 0 aromatic heterocycles. The number of nitrogens with one attached hydrogen (secondary N) is 1. The fraction of sp³-hybridized carbons (Fsp3) is 0.250. The van der Waals surface area contributed by atoms with Crippen LogP contribution in [0.5, 0.6) is 5.75 Å². The molecule has 0 spiro atoms. The standard InChI is InChI=1S/C16H16Br2ClNO/c1-21-16-12(8-13(17)9-15(16)18)10-20-7-6-11-2-4-14(19)5-3-11/h2-5,8-9,20H,6-7,10H2,1H3. The number of benzene rings is 2. The van der Waals surface area contributed by atoms with Gasteiger partial charge in [-0.3, -0.25) is 0 Å². The molecule has 0 saturated heterocycles. The maximum atomic E-state index is 5.88. The molecule has 5 heteroatoms. The molecule has 1 N–H and O–H groups in total. The van der Waals surface area contributed by atoms with Crippen LogP contribution in [0.25, 0.3) is 0 Å². The minimum atomic E-state index is 0.759. The van der Waals surface area contributed by atoms with Gasteiger partial charge in [-0.25, -0.2) is 0 Å². The Kier molecular flexibility index (Phi) is 6.55. The van der Waals surface area contributed by atoms with E-state index in [2.05, 4.69) is 55.4 Å². The lowest BCUT2D eigenvalue weighted by molar-refractivity contribution is 0.405. The molecule has 2 aromatic rings. The Morgan fingerprint density at radius 1 is 1.14 bits per heavy atom. The lowest BCUT2D eigenvalue weighted by atomic mass is 10.1. The summed E-state index contributed by atoms with van der Waals surface area (Å²) in [5, 5.41) is 4.21. The van der Waals surface area contributed by atoms with Crippen molar-refractivity contribution in [2.24, 2.45) is 0 Å². The van der Waals surface area contributed by atoms with Crippen molar-refractivity contribution < 1.29 is 4.74 Å². The molecule has 0 unspecified atom stereocenters. The first-order chi connectivity index (χ1) is 10.1. The Morgan fingerprint density at radius 2 is 1.86 bits per heavy atom. The van der Waals surface area contributed by atoms with Crippen LogP contribution in [-0.4, -0.2) is 13.7 Å². The van der Waals surface area contributed by atoms with Crippen LogP contribution in [0.4, 0.5) is 0 Å².